The molecule has 1 saturated carbocycles. The lowest BCUT2D eigenvalue weighted by Crippen LogP contribution is -2.50. The maximum absolute atomic E-state index is 8.33. The summed E-state index contributed by atoms with van der Waals surface area (Å²) in [5, 5.41) is 11.4. The van der Waals surface area contributed by atoms with Crippen molar-refractivity contribution in [2.45, 2.75) is 37.6 Å². The lowest BCUT2D eigenvalue weighted by molar-refractivity contribution is 0.287. The van der Waals surface area contributed by atoms with Crippen molar-refractivity contribution in [1.82, 2.24) is 5.32 Å². The van der Waals surface area contributed by atoms with E-state index in [9.17, 15) is 0 Å². The first-order valence-corrected chi connectivity index (χ1v) is 4.63. The molecule has 0 aromatic rings. The van der Waals surface area contributed by atoms with Crippen LogP contribution in [0.3, 0.4) is 0 Å². The lowest BCUT2D eigenvalue weighted by Gasteiger charge is -2.33. The Kier molecular flexibility index (Phi) is 3.51. The number of rotatable bonds is 3. The maximum atomic E-state index is 8.33. The quantitative estimate of drug-likeness (QED) is 0.482. The minimum atomic E-state index is -0.0326. The summed E-state index contributed by atoms with van der Waals surface area (Å²) in [6.07, 6.45) is 6.00. The highest BCUT2D eigenvalue weighted by Gasteiger charge is 2.26. The van der Waals surface area contributed by atoms with Crippen LogP contribution >= 0.6 is 0 Å². The summed E-state index contributed by atoms with van der Waals surface area (Å²) in [7, 11) is 0. The monoisotopic (exact) mass is 167 g/mol. The first kappa shape index (κ1) is 9.50. The van der Waals surface area contributed by atoms with Gasteiger partial charge in [-0.3, -0.25) is 0 Å². The van der Waals surface area contributed by atoms with Crippen LogP contribution in [0.4, 0.5) is 0 Å². The van der Waals surface area contributed by atoms with E-state index in [1.165, 1.54) is 19.3 Å². The van der Waals surface area contributed by atoms with Gasteiger partial charge in [-0.2, -0.15) is 5.26 Å². The summed E-state index contributed by atoms with van der Waals surface area (Å²) in [6, 6.07) is 2.06. The molecule has 3 N–H and O–H groups in total. The number of nitrogens with one attached hydrogen (secondary N) is 1. The standard InChI is InChI=1S/C9H17N3/c10-6-7-12-8-9(11)4-2-1-3-5-9/h12H,1-5,7-8,11H2. The zero-order valence-electron chi connectivity index (χ0n) is 7.47. The maximum Gasteiger partial charge on any atom is 0.0841 e. The third-order valence-corrected chi connectivity index (χ3v) is 2.53. The first-order valence-electron chi connectivity index (χ1n) is 4.63. The van der Waals surface area contributed by atoms with Crippen LogP contribution in [-0.4, -0.2) is 18.6 Å². The minimum Gasteiger partial charge on any atom is -0.324 e. The average molecular weight is 167 g/mol. The molecule has 3 heteroatoms. The lowest BCUT2D eigenvalue weighted by atomic mass is 9.82. The fraction of sp³-hybridized carbons (Fsp3) is 0.889. The van der Waals surface area contributed by atoms with Gasteiger partial charge in [0.15, 0.2) is 0 Å². The van der Waals surface area contributed by atoms with Crippen molar-refractivity contribution in [3.8, 4) is 6.07 Å². The molecule has 68 valence electrons. The van der Waals surface area contributed by atoms with Gasteiger partial charge in [0.25, 0.3) is 0 Å². The molecule has 1 rings (SSSR count). The van der Waals surface area contributed by atoms with Crippen molar-refractivity contribution < 1.29 is 0 Å². The topological polar surface area (TPSA) is 61.8 Å². The van der Waals surface area contributed by atoms with Crippen molar-refractivity contribution in [1.29, 1.82) is 5.26 Å². The van der Waals surface area contributed by atoms with E-state index in [1.54, 1.807) is 0 Å². The molecular formula is C9H17N3. The Bertz CT molecular complexity index is 165. The van der Waals surface area contributed by atoms with Gasteiger partial charge in [-0.15, -0.1) is 0 Å². The average Bonchev–Trinajstić information content (AvgIpc) is 2.06. The summed E-state index contributed by atoms with van der Waals surface area (Å²) < 4.78 is 0. The summed E-state index contributed by atoms with van der Waals surface area (Å²) in [6.45, 7) is 1.21. The Labute approximate surface area is 73.9 Å². The molecule has 1 aliphatic rings. The van der Waals surface area contributed by atoms with Crippen LogP contribution in [0.2, 0.25) is 0 Å². The largest absolute Gasteiger partial charge is 0.324 e. The molecule has 1 fully saturated rings. The van der Waals surface area contributed by atoms with Crippen LogP contribution in [0.1, 0.15) is 32.1 Å². The van der Waals surface area contributed by atoms with Crippen molar-refractivity contribution in [3.63, 3.8) is 0 Å². The predicted molar refractivity (Wildman–Crippen MR) is 48.5 cm³/mol. The molecule has 0 amide bonds. The van der Waals surface area contributed by atoms with Gasteiger partial charge in [-0.25, -0.2) is 0 Å². The van der Waals surface area contributed by atoms with Gasteiger partial charge in [0.1, 0.15) is 0 Å². The normalized spacial score (nSPS) is 21.7. The minimum absolute atomic E-state index is 0.0326. The van der Waals surface area contributed by atoms with Gasteiger partial charge in [-0.05, 0) is 12.8 Å². The molecule has 0 atom stereocenters. The highest BCUT2D eigenvalue weighted by molar-refractivity contribution is 4.90. The van der Waals surface area contributed by atoms with Crippen LogP contribution in [0.15, 0.2) is 0 Å². The molecular weight excluding hydrogens is 150 g/mol. The molecule has 0 saturated heterocycles. The molecule has 0 unspecified atom stereocenters. The molecule has 12 heavy (non-hydrogen) atoms. The van der Waals surface area contributed by atoms with Crippen LogP contribution in [0, 0.1) is 11.3 Å². The van der Waals surface area contributed by atoms with E-state index < -0.39 is 0 Å². The predicted octanol–water partition coefficient (Wildman–Crippen LogP) is 0.761. The molecule has 0 aromatic heterocycles. The zero-order chi connectivity index (χ0) is 8.86. The molecule has 1 aliphatic carbocycles. The number of nitriles is 1. The number of hydrogen-bond acceptors (Lipinski definition) is 3. The Morgan fingerprint density at radius 2 is 2.00 bits per heavy atom. The fourth-order valence-corrected chi connectivity index (χ4v) is 1.80. The summed E-state index contributed by atoms with van der Waals surface area (Å²) in [4.78, 5) is 0. The van der Waals surface area contributed by atoms with E-state index in [4.69, 9.17) is 11.0 Å². The van der Waals surface area contributed by atoms with Crippen molar-refractivity contribution in [2.24, 2.45) is 5.73 Å². The Balaban J connectivity index is 2.23. The second kappa shape index (κ2) is 4.44. The van der Waals surface area contributed by atoms with Crippen molar-refractivity contribution >= 4 is 0 Å². The summed E-state index contributed by atoms with van der Waals surface area (Å²) in [5.74, 6) is 0. The molecule has 0 radical (unpaired) electrons. The highest BCUT2D eigenvalue weighted by Crippen LogP contribution is 2.24. The van der Waals surface area contributed by atoms with E-state index in [0.29, 0.717) is 6.54 Å². The van der Waals surface area contributed by atoms with Gasteiger partial charge >= 0.3 is 0 Å². The van der Waals surface area contributed by atoms with Crippen LogP contribution in [0.5, 0.6) is 0 Å². The SMILES string of the molecule is N#CCNCC1(N)CCCCC1. The summed E-state index contributed by atoms with van der Waals surface area (Å²) in [5.41, 5.74) is 6.10. The molecule has 0 spiro atoms. The van der Waals surface area contributed by atoms with Gasteiger partial charge in [0.2, 0.25) is 0 Å². The molecule has 0 aliphatic heterocycles. The molecule has 3 nitrogen and oxygen atoms in total. The second-order valence-corrected chi connectivity index (χ2v) is 3.68. The number of nitrogens with zero attached hydrogens (tertiary/aromatic N) is 1. The van der Waals surface area contributed by atoms with E-state index in [2.05, 4.69) is 11.4 Å². The van der Waals surface area contributed by atoms with Crippen LogP contribution in [-0.2, 0) is 0 Å². The molecule has 0 bridgehead atoms. The Hall–Kier alpha value is -0.590. The zero-order valence-corrected chi connectivity index (χ0v) is 7.47. The van der Waals surface area contributed by atoms with E-state index in [1.807, 2.05) is 0 Å². The third kappa shape index (κ3) is 2.80. The number of hydrogen-bond donors (Lipinski definition) is 2. The van der Waals surface area contributed by atoms with Gasteiger partial charge in [0.05, 0.1) is 12.6 Å². The summed E-state index contributed by atoms with van der Waals surface area (Å²) >= 11 is 0. The Morgan fingerprint density at radius 1 is 1.33 bits per heavy atom. The fourth-order valence-electron chi connectivity index (χ4n) is 1.80. The van der Waals surface area contributed by atoms with Gasteiger partial charge in [-0.1, -0.05) is 19.3 Å². The van der Waals surface area contributed by atoms with Gasteiger partial charge < -0.3 is 11.1 Å². The highest BCUT2D eigenvalue weighted by atomic mass is 14.9. The van der Waals surface area contributed by atoms with Crippen LogP contribution < -0.4 is 11.1 Å². The third-order valence-electron chi connectivity index (χ3n) is 2.53. The number of nitrogens with two attached hydrogens (primary N) is 1. The molecule has 0 heterocycles. The van der Waals surface area contributed by atoms with Crippen molar-refractivity contribution in [3.05, 3.63) is 0 Å². The second-order valence-electron chi connectivity index (χ2n) is 3.68. The molecule has 0 aromatic carbocycles. The Morgan fingerprint density at radius 3 is 2.58 bits per heavy atom. The smallest absolute Gasteiger partial charge is 0.0841 e. The van der Waals surface area contributed by atoms with E-state index in [0.717, 1.165) is 19.4 Å². The van der Waals surface area contributed by atoms with Gasteiger partial charge in [0, 0.05) is 12.1 Å². The van der Waals surface area contributed by atoms with Crippen molar-refractivity contribution in [2.75, 3.05) is 13.1 Å². The van der Waals surface area contributed by atoms with E-state index >= 15 is 0 Å². The van der Waals surface area contributed by atoms with Crippen LogP contribution in [0.25, 0.3) is 0 Å². The first-order chi connectivity index (χ1) is 5.77. The van der Waals surface area contributed by atoms with E-state index in [-0.39, 0.29) is 5.54 Å².